The second-order valence-electron chi connectivity index (χ2n) is 8.15. The van der Waals surface area contributed by atoms with Gasteiger partial charge in [0.1, 0.15) is 11.6 Å². The number of carbonyl (C=O) groups is 1. The topological polar surface area (TPSA) is 89.0 Å². The molecular weight excluding hydrogens is 502 g/mol. The molecule has 7 nitrogen and oxygen atoms in total. The average molecular weight is 519 g/mol. The fourth-order valence-electron chi connectivity index (χ4n) is 3.54. The van der Waals surface area contributed by atoms with E-state index in [1.807, 2.05) is 24.4 Å². The van der Waals surface area contributed by atoms with Crippen molar-refractivity contribution in [1.82, 2.24) is 15.0 Å². The molecule has 0 saturated carbocycles. The number of ether oxygens (including phenoxy) is 1. The van der Waals surface area contributed by atoms with E-state index >= 15 is 0 Å². The van der Waals surface area contributed by atoms with E-state index in [9.17, 15) is 22.4 Å². The molecule has 0 bridgehead atoms. The van der Waals surface area contributed by atoms with E-state index in [1.165, 1.54) is 30.3 Å². The molecule has 3 aromatic carbocycles. The van der Waals surface area contributed by atoms with E-state index in [2.05, 4.69) is 20.3 Å². The Labute approximate surface area is 213 Å². The van der Waals surface area contributed by atoms with Crippen molar-refractivity contribution < 1.29 is 27.1 Å². The number of rotatable bonds is 5. The van der Waals surface area contributed by atoms with Crippen LogP contribution >= 0.6 is 0 Å². The predicted octanol–water partition coefficient (Wildman–Crippen LogP) is 6.99. The number of aromatic nitrogens is 3. The summed E-state index contributed by atoms with van der Waals surface area (Å²) in [5.74, 6) is -6.12. The zero-order valence-corrected chi connectivity index (χ0v) is 19.6. The molecule has 0 aliphatic rings. The van der Waals surface area contributed by atoms with E-state index in [-0.39, 0.29) is 11.4 Å². The minimum absolute atomic E-state index is 0.0206. The van der Waals surface area contributed by atoms with Gasteiger partial charge >= 0.3 is 6.03 Å². The van der Waals surface area contributed by atoms with Gasteiger partial charge in [0.25, 0.3) is 0 Å². The summed E-state index contributed by atoms with van der Waals surface area (Å²) < 4.78 is 62.8. The molecular formula is C27H17F4N5O2. The van der Waals surface area contributed by atoms with Gasteiger partial charge in [-0.2, -0.15) is 4.39 Å². The zero-order chi connectivity index (χ0) is 26.8. The molecule has 0 radical (unpaired) electrons. The summed E-state index contributed by atoms with van der Waals surface area (Å²) in [7, 11) is 0. The van der Waals surface area contributed by atoms with E-state index < -0.39 is 40.7 Å². The van der Waals surface area contributed by atoms with Gasteiger partial charge in [0, 0.05) is 35.3 Å². The maximum absolute atomic E-state index is 14.8. The molecule has 5 aromatic rings. The fourth-order valence-corrected chi connectivity index (χ4v) is 3.54. The molecule has 0 aliphatic carbocycles. The molecule has 190 valence electrons. The molecule has 2 aromatic heterocycles. The van der Waals surface area contributed by atoms with Crippen LogP contribution in [0, 0.1) is 30.2 Å². The molecule has 38 heavy (non-hydrogen) atoms. The van der Waals surface area contributed by atoms with Gasteiger partial charge in [0.05, 0.1) is 28.6 Å². The summed E-state index contributed by atoms with van der Waals surface area (Å²) in [5, 5.41) is 4.23. The van der Waals surface area contributed by atoms with Gasteiger partial charge in [-0.05, 0) is 49.4 Å². The first kappa shape index (κ1) is 24.6. The van der Waals surface area contributed by atoms with E-state index in [4.69, 9.17) is 4.74 Å². The second kappa shape index (κ2) is 10.1. The first-order valence-corrected chi connectivity index (χ1v) is 11.2. The van der Waals surface area contributed by atoms with Crippen LogP contribution < -0.4 is 15.4 Å². The monoisotopic (exact) mass is 519 g/mol. The van der Waals surface area contributed by atoms with E-state index in [0.29, 0.717) is 22.8 Å². The smallest absolute Gasteiger partial charge is 0.323 e. The number of hydrogen-bond acceptors (Lipinski definition) is 5. The summed E-state index contributed by atoms with van der Waals surface area (Å²) >= 11 is 0. The van der Waals surface area contributed by atoms with Gasteiger partial charge in [-0.15, -0.1) is 0 Å². The molecule has 0 spiro atoms. The SMILES string of the molecule is Cc1ccc(-c2cnc3ccc(Oc4c(F)cc(NC(=O)Nc5cccc(F)c5)c(F)c4F)cc3n2)cn1. The summed E-state index contributed by atoms with van der Waals surface area (Å²) in [6.07, 6.45) is 3.22. The number of amides is 2. The number of nitrogens with one attached hydrogen (secondary N) is 2. The van der Waals surface area contributed by atoms with Crippen LogP contribution in [0.3, 0.4) is 0 Å². The number of carbonyl (C=O) groups excluding carboxylic acids is 1. The Morgan fingerprint density at radius 1 is 0.842 bits per heavy atom. The van der Waals surface area contributed by atoms with Crippen molar-refractivity contribution in [3.05, 3.63) is 102 Å². The number of fused-ring (bicyclic) bond motifs is 1. The zero-order valence-electron chi connectivity index (χ0n) is 19.6. The molecule has 5 rings (SSSR count). The van der Waals surface area contributed by atoms with Crippen LogP contribution in [0.5, 0.6) is 11.5 Å². The highest BCUT2D eigenvalue weighted by Crippen LogP contribution is 2.34. The maximum Gasteiger partial charge on any atom is 0.323 e. The van der Waals surface area contributed by atoms with Crippen molar-refractivity contribution in [3.8, 4) is 22.8 Å². The van der Waals surface area contributed by atoms with Crippen LogP contribution in [0.25, 0.3) is 22.3 Å². The third-order valence-corrected chi connectivity index (χ3v) is 5.39. The number of hydrogen-bond donors (Lipinski definition) is 2. The van der Waals surface area contributed by atoms with Crippen LogP contribution in [0.4, 0.5) is 33.7 Å². The lowest BCUT2D eigenvalue weighted by Crippen LogP contribution is -2.20. The number of urea groups is 1. The Hall–Kier alpha value is -5.06. The maximum atomic E-state index is 14.8. The van der Waals surface area contributed by atoms with Crippen molar-refractivity contribution >= 4 is 28.4 Å². The normalized spacial score (nSPS) is 10.9. The standard InChI is InChI=1S/C27H17F4N5O2/c1-14-5-6-15(12-32-14)23-13-33-20-8-7-18(10-21(20)35-23)38-26-19(29)11-22(24(30)25(26)31)36-27(37)34-17-4-2-3-16(28)9-17/h2-13H,1H3,(H2,34,36,37). The largest absolute Gasteiger partial charge is 0.451 e. The first-order chi connectivity index (χ1) is 18.3. The number of halogens is 4. The van der Waals surface area contributed by atoms with Gasteiger partial charge in [0.2, 0.25) is 11.6 Å². The third kappa shape index (κ3) is 5.21. The van der Waals surface area contributed by atoms with Crippen molar-refractivity contribution in [2.75, 3.05) is 10.6 Å². The van der Waals surface area contributed by atoms with Gasteiger partial charge < -0.3 is 15.4 Å². The predicted molar refractivity (Wildman–Crippen MR) is 133 cm³/mol. The molecule has 11 heteroatoms. The Balaban J connectivity index is 1.38. The lowest BCUT2D eigenvalue weighted by molar-refractivity contribution is 0.262. The number of anilines is 2. The van der Waals surface area contributed by atoms with Crippen LogP contribution in [0.2, 0.25) is 0 Å². The molecule has 2 N–H and O–H groups in total. The average Bonchev–Trinajstić information content (AvgIpc) is 2.89. The molecule has 0 unspecified atom stereocenters. The molecule has 0 fully saturated rings. The third-order valence-electron chi connectivity index (χ3n) is 5.39. The minimum Gasteiger partial charge on any atom is -0.451 e. The van der Waals surface area contributed by atoms with Crippen LogP contribution in [0.15, 0.2) is 73.1 Å². The molecule has 0 atom stereocenters. The number of nitrogens with zero attached hydrogens (tertiary/aromatic N) is 3. The van der Waals surface area contributed by atoms with Crippen LogP contribution in [-0.4, -0.2) is 21.0 Å². The lowest BCUT2D eigenvalue weighted by atomic mass is 10.2. The van der Waals surface area contributed by atoms with E-state index in [0.717, 1.165) is 23.4 Å². The molecule has 0 aliphatic heterocycles. The molecule has 2 heterocycles. The van der Waals surface area contributed by atoms with Gasteiger partial charge in [-0.1, -0.05) is 6.07 Å². The second-order valence-corrected chi connectivity index (χ2v) is 8.15. The molecule has 2 amide bonds. The quantitative estimate of drug-likeness (QED) is 0.193. The van der Waals surface area contributed by atoms with Crippen molar-refractivity contribution in [2.45, 2.75) is 6.92 Å². The molecule has 0 saturated heterocycles. The highest BCUT2D eigenvalue weighted by Gasteiger charge is 2.22. The summed E-state index contributed by atoms with van der Waals surface area (Å²) in [5.41, 5.74) is 2.23. The van der Waals surface area contributed by atoms with Crippen molar-refractivity contribution in [2.24, 2.45) is 0 Å². The number of benzene rings is 3. The summed E-state index contributed by atoms with van der Waals surface area (Å²) in [6, 6.07) is 12.4. The Morgan fingerprint density at radius 2 is 1.68 bits per heavy atom. The van der Waals surface area contributed by atoms with Crippen molar-refractivity contribution in [1.29, 1.82) is 0 Å². The van der Waals surface area contributed by atoms with E-state index in [1.54, 1.807) is 12.4 Å². The Bertz CT molecular complexity index is 1680. The van der Waals surface area contributed by atoms with Crippen LogP contribution in [0.1, 0.15) is 5.69 Å². The first-order valence-electron chi connectivity index (χ1n) is 11.2. The van der Waals surface area contributed by atoms with Crippen LogP contribution in [-0.2, 0) is 0 Å². The Morgan fingerprint density at radius 3 is 2.45 bits per heavy atom. The van der Waals surface area contributed by atoms with Crippen molar-refractivity contribution in [3.63, 3.8) is 0 Å². The lowest BCUT2D eigenvalue weighted by Gasteiger charge is -2.13. The summed E-state index contributed by atoms with van der Waals surface area (Å²) in [4.78, 5) is 25.2. The fraction of sp³-hybridized carbons (Fsp3) is 0.0370. The highest BCUT2D eigenvalue weighted by molar-refractivity contribution is 5.99. The van der Waals surface area contributed by atoms with Gasteiger partial charge in [0.15, 0.2) is 11.6 Å². The highest BCUT2D eigenvalue weighted by atomic mass is 19.2. The minimum atomic E-state index is -1.66. The summed E-state index contributed by atoms with van der Waals surface area (Å²) in [6.45, 7) is 1.85. The number of aryl methyl sites for hydroxylation is 1. The van der Waals surface area contributed by atoms with Gasteiger partial charge in [-0.3, -0.25) is 9.97 Å². The van der Waals surface area contributed by atoms with Gasteiger partial charge in [-0.25, -0.2) is 22.9 Å². The Kier molecular flexibility index (Phi) is 6.56. The number of pyridine rings is 1.